The van der Waals surface area contributed by atoms with Gasteiger partial charge in [-0.3, -0.25) is 0 Å². The molecule has 0 aromatic heterocycles. The van der Waals surface area contributed by atoms with Crippen molar-refractivity contribution >= 4 is 6.09 Å². The quantitative estimate of drug-likeness (QED) is 0.742. The number of hydrogen-bond donors (Lipinski definition) is 2. The van der Waals surface area contributed by atoms with Crippen LogP contribution in [0.15, 0.2) is 24.3 Å². The summed E-state index contributed by atoms with van der Waals surface area (Å²) in [6.07, 6.45) is -0.531. The van der Waals surface area contributed by atoms with Crippen LogP contribution in [0.5, 0.6) is 0 Å². The van der Waals surface area contributed by atoms with Gasteiger partial charge in [0.2, 0.25) is 0 Å². The van der Waals surface area contributed by atoms with Gasteiger partial charge in [0.1, 0.15) is 6.61 Å². The molecular weight excluding hydrogens is 182 g/mol. The third-order valence-corrected chi connectivity index (χ3v) is 1.51. The second kappa shape index (κ2) is 5.99. The van der Waals surface area contributed by atoms with Gasteiger partial charge in [0.05, 0.1) is 6.61 Å². The average molecular weight is 194 g/mol. The molecule has 0 aliphatic carbocycles. The lowest BCUT2D eigenvalue weighted by Gasteiger charge is -2.04. The van der Waals surface area contributed by atoms with Gasteiger partial charge in [0.15, 0.2) is 0 Å². The highest BCUT2D eigenvalue weighted by Gasteiger charge is 2.00. The molecule has 75 valence electrons. The minimum atomic E-state index is -0.531. The van der Waals surface area contributed by atoms with E-state index in [1.807, 2.05) is 18.2 Å². The average Bonchev–Trinajstić information content (AvgIpc) is 2.25. The molecule has 2 N–H and O–H groups in total. The fourth-order valence-electron chi connectivity index (χ4n) is 0.873. The van der Waals surface area contributed by atoms with Crippen molar-refractivity contribution in [2.24, 2.45) is 0 Å². The molecule has 4 nitrogen and oxygen atoms in total. The number of rotatable bonds is 4. The Morgan fingerprint density at radius 2 is 2.43 bits per heavy atom. The summed E-state index contributed by atoms with van der Waals surface area (Å²) in [6.45, 7) is 0.308. The summed E-state index contributed by atoms with van der Waals surface area (Å²) >= 11 is 0. The number of carbonyl (C=O) groups is 1. The zero-order valence-electron chi connectivity index (χ0n) is 7.69. The van der Waals surface area contributed by atoms with Crippen LogP contribution in [0.25, 0.3) is 0 Å². The number of hydrogen-bond acceptors (Lipinski definition) is 3. The number of ether oxygens (including phenoxy) is 1. The number of alkyl carbamates (subject to hydrolysis) is 1. The van der Waals surface area contributed by atoms with Crippen LogP contribution in [0.3, 0.4) is 0 Å². The fraction of sp³-hybridized carbons (Fsp3) is 0.300. The van der Waals surface area contributed by atoms with E-state index in [1.54, 1.807) is 6.07 Å². The molecule has 4 heteroatoms. The van der Waals surface area contributed by atoms with Gasteiger partial charge in [0.25, 0.3) is 0 Å². The molecule has 0 aliphatic heterocycles. The summed E-state index contributed by atoms with van der Waals surface area (Å²) < 4.78 is 4.84. The van der Waals surface area contributed by atoms with E-state index in [9.17, 15) is 4.79 Å². The van der Waals surface area contributed by atoms with E-state index in [4.69, 9.17) is 9.84 Å². The molecule has 1 amide bonds. The first-order valence-corrected chi connectivity index (χ1v) is 4.30. The first kappa shape index (κ1) is 10.5. The van der Waals surface area contributed by atoms with Crippen LogP contribution >= 0.6 is 0 Å². The maximum absolute atomic E-state index is 10.9. The normalized spacial score (nSPS) is 9.50. The Morgan fingerprint density at radius 3 is 3.07 bits per heavy atom. The van der Waals surface area contributed by atoms with Crippen molar-refractivity contribution in [3.8, 4) is 0 Å². The molecule has 1 rings (SSSR count). The second-order valence-corrected chi connectivity index (χ2v) is 2.61. The first-order valence-electron chi connectivity index (χ1n) is 4.30. The standard InChI is InChI=1S/C10H12NO3/c12-7-6-11-10(13)14-8-9-4-2-1-3-5-9/h1-4,12H,6-8H2,(H,11,13). The van der Waals surface area contributed by atoms with Gasteiger partial charge in [-0.05, 0) is 11.6 Å². The van der Waals surface area contributed by atoms with E-state index < -0.39 is 6.09 Å². The molecule has 0 saturated heterocycles. The Kier molecular flexibility index (Phi) is 4.50. The molecule has 14 heavy (non-hydrogen) atoms. The Hall–Kier alpha value is -1.55. The van der Waals surface area contributed by atoms with Crippen molar-refractivity contribution in [1.82, 2.24) is 5.32 Å². The van der Waals surface area contributed by atoms with Crippen LogP contribution in [-0.2, 0) is 11.3 Å². The molecule has 0 atom stereocenters. The Balaban J connectivity index is 2.24. The largest absolute Gasteiger partial charge is 0.445 e. The molecule has 1 aromatic rings. The van der Waals surface area contributed by atoms with Crippen LogP contribution in [0.4, 0.5) is 4.79 Å². The van der Waals surface area contributed by atoms with Gasteiger partial charge in [0, 0.05) is 6.54 Å². The molecule has 0 fully saturated rings. The fourth-order valence-corrected chi connectivity index (χ4v) is 0.873. The molecule has 0 heterocycles. The number of nitrogens with one attached hydrogen (secondary N) is 1. The lowest BCUT2D eigenvalue weighted by molar-refractivity contribution is 0.137. The van der Waals surface area contributed by atoms with E-state index in [0.29, 0.717) is 0 Å². The molecule has 0 bridgehead atoms. The van der Waals surface area contributed by atoms with Gasteiger partial charge < -0.3 is 15.2 Å². The van der Waals surface area contributed by atoms with Crippen molar-refractivity contribution in [2.75, 3.05) is 13.2 Å². The van der Waals surface area contributed by atoms with Crippen LogP contribution in [0.1, 0.15) is 5.56 Å². The third-order valence-electron chi connectivity index (χ3n) is 1.51. The highest BCUT2D eigenvalue weighted by Crippen LogP contribution is 1.99. The van der Waals surface area contributed by atoms with Crippen molar-refractivity contribution in [1.29, 1.82) is 0 Å². The minimum Gasteiger partial charge on any atom is -0.445 e. The van der Waals surface area contributed by atoms with Crippen molar-refractivity contribution in [2.45, 2.75) is 6.61 Å². The van der Waals surface area contributed by atoms with Crippen molar-refractivity contribution < 1.29 is 14.6 Å². The summed E-state index contributed by atoms with van der Waals surface area (Å²) in [5, 5.41) is 10.8. The van der Waals surface area contributed by atoms with E-state index in [2.05, 4.69) is 11.4 Å². The maximum atomic E-state index is 10.9. The van der Waals surface area contributed by atoms with E-state index in [-0.39, 0.29) is 19.8 Å². The molecule has 0 unspecified atom stereocenters. The SMILES string of the molecule is O=C(NCCO)OCc1[c]cccc1. The number of aliphatic hydroxyl groups excluding tert-OH is 1. The summed E-state index contributed by atoms with van der Waals surface area (Å²) in [5.41, 5.74) is 0.812. The molecule has 0 saturated carbocycles. The number of aliphatic hydroxyl groups is 1. The molecule has 1 radical (unpaired) electrons. The van der Waals surface area contributed by atoms with E-state index in [1.165, 1.54) is 0 Å². The van der Waals surface area contributed by atoms with Crippen LogP contribution in [-0.4, -0.2) is 24.4 Å². The monoisotopic (exact) mass is 194 g/mol. The van der Waals surface area contributed by atoms with Crippen molar-refractivity contribution in [3.05, 3.63) is 35.9 Å². The lowest BCUT2D eigenvalue weighted by atomic mass is 10.2. The number of benzene rings is 1. The number of amides is 1. The summed E-state index contributed by atoms with van der Waals surface area (Å²) in [4.78, 5) is 10.9. The Bertz CT molecular complexity index is 274. The number of carbonyl (C=O) groups excluding carboxylic acids is 1. The maximum Gasteiger partial charge on any atom is 0.407 e. The van der Waals surface area contributed by atoms with Crippen LogP contribution < -0.4 is 5.32 Å². The van der Waals surface area contributed by atoms with Gasteiger partial charge in [-0.1, -0.05) is 24.3 Å². The Morgan fingerprint density at radius 1 is 1.57 bits per heavy atom. The summed E-state index contributed by atoms with van der Waals surface area (Å²) in [6, 6.07) is 10.2. The lowest BCUT2D eigenvalue weighted by Crippen LogP contribution is -2.26. The van der Waals surface area contributed by atoms with Gasteiger partial charge >= 0.3 is 6.09 Å². The first-order chi connectivity index (χ1) is 6.83. The van der Waals surface area contributed by atoms with E-state index >= 15 is 0 Å². The molecule has 0 spiro atoms. The molecule has 1 aromatic carbocycles. The summed E-state index contributed by atoms with van der Waals surface area (Å²) in [5.74, 6) is 0. The van der Waals surface area contributed by atoms with Gasteiger partial charge in [-0.25, -0.2) is 4.79 Å². The van der Waals surface area contributed by atoms with Gasteiger partial charge in [-0.2, -0.15) is 0 Å². The highest BCUT2D eigenvalue weighted by atomic mass is 16.5. The van der Waals surface area contributed by atoms with Crippen LogP contribution in [0.2, 0.25) is 0 Å². The highest BCUT2D eigenvalue weighted by molar-refractivity contribution is 5.67. The zero-order valence-corrected chi connectivity index (χ0v) is 7.69. The zero-order chi connectivity index (χ0) is 10.2. The molecular formula is C10H12NO3. The van der Waals surface area contributed by atoms with Crippen LogP contribution in [0, 0.1) is 6.07 Å². The van der Waals surface area contributed by atoms with Crippen molar-refractivity contribution in [3.63, 3.8) is 0 Å². The van der Waals surface area contributed by atoms with E-state index in [0.717, 1.165) is 5.56 Å². The molecule has 0 aliphatic rings. The summed E-state index contributed by atoms with van der Waals surface area (Å²) in [7, 11) is 0. The predicted molar refractivity (Wildman–Crippen MR) is 50.6 cm³/mol. The topological polar surface area (TPSA) is 58.6 Å². The Labute approximate surface area is 82.5 Å². The van der Waals surface area contributed by atoms with Gasteiger partial charge in [-0.15, -0.1) is 0 Å². The third kappa shape index (κ3) is 3.91. The predicted octanol–water partition coefficient (Wildman–Crippen LogP) is 0.705. The second-order valence-electron chi connectivity index (χ2n) is 2.61. The smallest absolute Gasteiger partial charge is 0.407 e. The minimum absolute atomic E-state index is 0.0907.